The van der Waals surface area contributed by atoms with Gasteiger partial charge in [-0.2, -0.15) is 0 Å². The van der Waals surface area contributed by atoms with Gasteiger partial charge in [-0.25, -0.2) is 4.79 Å². The van der Waals surface area contributed by atoms with Crippen LogP contribution in [0.1, 0.15) is 20.2 Å². The summed E-state index contributed by atoms with van der Waals surface area (Å²) in [5, 5.41) is 18.4. The zero-order valence-electron chi connectivity index (χ0n) is 8.62. The van der Waals surface area contributed by atoms with Crippen LogP contribution in [0.15, 0.2) is 18.5 Å². The topological polar surface area (TPSA) is 105 Å². The second kappa shape index (κ2) is 5.07. The summed E-state index contributed by atoms with van der Waals surface area (Å²) in [6.07, 6.45) is 2.51. The Balaban J connectivity index is 2.16. The van der Waals surface area contributed by atoms with Crippen LogP contribution in [0.25, 0.3) is 0 Å². The Kier molecular flexibility index (Phi) is 3.49. The molecule has 0 spiro atoms. The molecule has 1 amide bonds. The van der Waals surface area contributed by atoms with Crippen LogP contribution in [0, 0.1) is 0 Å². The molecule has 0 aliphatic rings. The lowest BCUT2D eigenvalue weighted by atomic mass is 10.2. The Hall–Kier alpha value is -2.06. The van der Waals surface area contributed by atoms with E-state index in [-0.39, 0.29) is 20.7 Å². The van der Waals surface area contributed by atoms with Crippen molar-refractivity contribution in [3.05, 3.63) is 33.5 Å². The van der Waals surface area contributed by atoms with E-state index in [4.69, 9.17) is 16.7 Å². The quantitative estimate of drug-likeness (QED) is 0.885. The summed E-state index contributed by atoms with van der Waals surface area (Å²) in [5.41, 5.74) is 0.231. The van der Waals surface area contributed by atoms with Crippen molar-refractivity contribution in [2.45, 2.75) is 0 Å². The average molecular weight is 285 g/mol. The molecule has 0 fully saturated rings. The Morgan fingerprint density at radius 3 is 2.72 bits per heavy atom. The van der Waals surface area contributed by atoms with Crippen LogP contribution in [0.2, 0.25) is 4.47 Å². The Bertz CT molecular complexity index is 615. The van der Waals surface area contributed by atoms with Gasteiger partial charge in [0.05, 0.1) is 17.4 Å². The molecule has 0 bridgehead atoms. The fourth-order valence-electron chi connectivity index (χ4n) is 1.11. The SMILES string of the molecule is O=C(O)c1cncc(NC(=O)c2nnc(Cl)s2)c1. The molecule has 2 rings (SSSR count). The highest BCUT2D eigenvalue weighted by atomic mass is 35.5. The number of hydrogen-bond donors (Lipinski definition) is 2. The molecular formula is C9H5ClN4O3S. The summed E-state index contributed by atoms with van der Waals surface area (Å²) in [4.78, 5) is 26.1. The van der Waals surface area contributed by atoms with Gasteiger partial charge < -0.3 is 10.4 Å². The fourth-order valence-corrected chi connectivity index (χ4v) is 1.83. The van der Waals surface area contributed by atoms with Crippen LogP contribution in [0.4, 0.5) is 5.69 Å². The highest BCUT2D eigenvalue weighted by Gasteiger charge is 2.13. The number of amides is 1. The molecule has 2 N–H and O–H groups in total. The molecule has 7 nitrogen and oxygen atoms in total. The maximum absolute atomic E-state index is 11.7. The van der Waals surface area contributed by atoms with Crippen LogP contribution >= 0.6 is 22.9 Å². The third-order valence-corrected chi connectivity index (χ3v) is 2.86. The van der Waals surface area contributed by atoms with Crippen molar-refractivity contribution in [3.8, 4) is 0 Å². The van der Waals surface area contributed by atoms with E-state index in [1.54, 1.807) is 0 Å². The number of carboxylic acids is 1. The number of rotatable bonds is 3. The summed E-state index contributed by atoms with van der Waals surface area (Å²) in [6, 6.07) is 1.29. The maximum atomic E-state index is 11.7. The van der Waals surface area contributed by atoms with Crippen molar-refractivity contribution < 1.29 is 14.7 Å². The predicted molar refractivity (Wildman–Crippen MR) is 64.1 cm³/mol. The number of carbonyl (C=O) groups excluding carboxylic acids is 1. The highest BCUT2D eigenvalue weighted by Crippen LogP contribution is 2.16. The van der Waals surface area contributed by atoms with Gasteiger partial charge in [-0.05, 0) is 17.7 Å². The maximum Gasteiger partial charge on any atom is 0.337 e. The number of aromatic nitrogens is 3. The first-order chi connectivity index (χ1) is 8.56. The zero-order valence-corrected chi connectivity index (χ0v) is 10.2. The van der Waals surface area contributed by atoms with E-state index in [0.717, 1.165) is 11.3 Å². The average Bonchev–Trinajstić information content (AvgIpc) is 2.76. The molecule has 0 aliphatic carbocycles. The Morgan fingerprint density at radius 1 is 1.33 bits per heavy atom. The lowest BCUT2D eigenvalue weighted by Crippen LogP contribution is -2.12. The molecule has 0 saturated carbocycles. The molecule has 2 heterocycles. The van der Waals surface area contributed by atoms with Crippen molar-refractivity contribution in [1.82, 2.24) is 15.2 Å². The summed E-state index contributed by atoms with van der Waals surface area (Å²) >= 11 is 6.47. The first kappa shape index (κ1) is 12.4. The van der Waals surface area contributed by atoms with E-state index in [1.165, 1.54) is 18.5 Å². The van der Waals surface area contributed by atoms with E-state index in [0.29, 0.717) is 0 Å². The molecule has 0 unspecified atom stereocenters. The first-order valence-electron chi connectivity index (χ1n) is 4.55. The predicted octanol–water partition coefficient (Wildman–Crippen LogP) is 1.54. The van der Waals surface area contributed by atoms with Gasteiger partial charge in [-0.3, -0.25) is 9.78 Å². The number of hydrogen-bond acceptors (Lipinski definition) is 6. The minimum Gasteiger partial charge on any atom is -0.478 e. The number of carboxylic acid groups (broad SMARTS) is 1. The number of aromatic carboxylic acids is 1. The van der Waals surface area contributed by atoms with Gasteiger partial charge in [0.25, 0.3) is 5.91 Å². The third-order valence-electron chi connectivity index (χ3n) is 1.84. The summed E-state index contributed by atoms with van der Waals surface area (Å²) in [5.74, 6) is -1.65. The van der Waals surface area contributed by atoms with Crippen LogP contribution in [0.5, 0.6) is 0 Å². The number of anilines is 1. The Labute approximate surface area is 109 Å². The number of pyridine rings is 1. The largest absolute Gasteiger partial charge is 0.478 e. The minimum absolute atomic E-state index is 0.0249. The first-order valence-corrected chi connectivity index (χ1v) is 5.74. The Morgan fingerprint density at radius 2 is 2.11 bits per heavy atom. The lowest BCUT2D eigenvalue weighted by molar-refractivity contribution is 0.0696. The van der Waals surface area contributed by atoms with Crippen molar-refractivity contribution in [2.24, 2.45) is 0 Å². The van der Waals surface area contributed by atoms with E-state index in [1.807, 2.05) is 0 Å². The standard InChI is InChI=1S/C9H5ClN4O3S/c10-9-14-13-7(18-9)6(15)12-5-1-4(8(16)17)2-11-3-5/h1-3H,(H,12,15)(H,16,17). The molecule has 0 atom stereocenters. The van der Waals surface area contributed by atoms with E-state index in [9.17, 15) is 9.59 Å². The molecule has 0 aromatic carbocycles. The van der Waals surface area contributed by atoms with Gasteiger partial charge in [0.1, 0.15) is 0 Å². The number of nitrogens with one attached hydrogen (secondary N) is 1. The zero-order chi connectivity index (χ0) is 13.1. The summed E-state index contributed by atoms with van der Waals surface area (Å²) in [7, 11) is 0. The molecule has 2 aromatic rings. The smallest absolute Gasteiger partial charge is 0.337 e. The number of halogens is 1. The van der Waals surface area contributed by atoms with Crippen molar-refractivity contribution in [2.75, 3.05) is 5.32 Å². The van der Waals surface area contributed by atoms with Gasteiger partial charge in [0, 0.05) is 6.20 Å². The molecule has 9 heteroatoms. The second-order valence-corrected chi connectivity index (χ2v) is 4.64. The molecular weight excluding hydrogens is 280 g/mol. The van der Waals surface area contributed by atoms with Gasteiger partial charge in [-0.1, -0.05) is 11.3 Å². The van der Waals surface area contributed by atoms with E-state index >= 15 is 0 Å². The molecule has 92 valence electrons. The number of nitrogens with zero attached hydrogens (tertiary/aromatic N) is 3. The van der Waals surface area contributed by atoms with Crippen molar-refractivity contribution in [1.29, 1.82) is 0 Å². The van der Waals surface area contributed by atoms with Gasteiger partial charge in [0.15, 0.2) is 0 Å². The molecule has 0 aliphatic heterocycles. The van der Waals surface area contributed by atoms with Gasteiger partial charge in [-0.15, -0.1) is 10.2 Å². The number of carbonyl (C=O) groups is 2. The fraction of sp³-hybridized carbons (Fsp3) is 0. The normalized spacial score (nSPS) is 10.1. The van der Waals surface area contributed by atoms with E-state index in [2.05, 4.69) is 20.5 Å². The summed E-state index contributed by atoms with van der Waals surface area (Å²) < 4.78 is 0.151. The minimum atomic E-state index is -1.13. The molecule has 18 heavy (non-hydrogen) atoms. The van der Waals surface area contributed by atoms with Crippen LogP contribution in [0.3, 0.4) is 0 Å². The molecule has 0 radical (unpaired) electrons. The monoisotopic (exact) mass is 284 g/mol. The third kappa shape index (κ3) is 2.79. The molecule has 0 saturated heterocycles. The van der Waals surface area contributed by atoms with Gasteiger partial charge in [0.2, 0.25) is 9.47 Å². The second-order valence-electron chi connectivity index (χ2n) is 3.08. The van der Waals surface area contributed by atoms with Crippen LogP contribution < -0.4 is 5.32 Å². The molecule has 2 aromatic heterocycles. The highest BCUT2D eigenvalue weighted by molar-refractivity contribution is 7.17. The van der Waals surface area contributed by atoms with Gasteiger partial charge >= 0.3 is 5.97 Å². The lowest BCUT2D eigenvalue weighted by Gasteiger charge is -2.02. The van der Waals surface area contributed by atoms with Crippen LogP contribution in [-0.4, -0.2) is 32.2 Å². The van der Waals surface area contributed by atoms with Crippen molar-refractivity contribution in [3.63, 3.8) is 0 Å². The van der Waals surface area contributed by atoms with Crippen molar-refractivity contribution >= 4 is 40.5 Å². The van der Waals surface area contributed by atoms with Crippen LogP contribution in [-0.2, 0) is 0 Å². The van der Waals surface area contributed by atoms with E-state index < -0.39 is 11.9 Å². The summed E-state index contributed by atoms with van der Waals surface area (Å²) in [6.45, 7) is 0.